The van der Waals surface area contributed by atoms with Crippen LogP contribution >= 0.6 is 0 Å². The Balaban J connectivity index is 0.00000121. The van der Waals surface area contributed by atoms with Crippen LogP contribution in [0.5, 0.6) is 0 Å². The Morgan fingerprint density at radius 3 is 2.67 bits per heavy atom. The summed E-state index contributed by atoms with van der Waals surface area (Å²) in [5.41, 5.74) is 1.03. The van der Waals surface area contributed by atoms with Gasteiger partial charge in [0, 0.05) is 32.2 Å². The standard InChI is InChI=1S/C9H11NS.Zn/c1-2-10-7-8-5-3-4-6-9(8)11;/h3-7,11H,2H2,1H3;/p-1. The molecule has 0 aromatic heterocycles. The van der Waals surface area contributed by atoms with Crippen molar-refractivity contribution in [2.45, 2.75) is 11.8 Å². The van der Waals surface area contributed by atoms with Crippen molar-refractivity contribution in [3.63, 3.8) is 0 Å². The fraction of sp³-hybridized carbons (Fsp3) is 0.222. The third-order valence-corrected chi connectivity index (χ3v) is 1.70. The van der Waals surface area contributed by atoms with Crippen molar-refractivity contribution in [3.8, 4) is 0 Å². The number of benzene rings is 1. The average molecular weight is 230 g/mol. The molecule has 1 nitrogen and oxygen atoms in total. The first-order chi connectivity index (χ1) is 5.34. The minimum Gasteiger partial charge on any atom is -0.779 e. The molecule has 0 aliphatic carbocycles. The zero-order chi connectivity index (χ0) is 8.10. The molecule has 0 N–H and O–H groups in total. The van der Waals surface area contributed by atoms with Crippen molar-refractivity contribution in [1.82, 2.24) is 0 Å². The van der Waals surface area contributed by atoms with Gasteiger partial charge in [0.05, 0.1) is 0 Å². The molecule has 60 valence electrons. The molecule has 0 aliphatic rings. The molecule has 0 radical (unpaired) electrons. The number of rotatable bonds is 2. The van der Waals surface area contributed by atoms with Gasteiger partial charge in [-0.1, -0.05) is 24.3 Å². The van der Waals surface area contributed by atoms with Crippen molar-refractivity contribution in [3.05, 3.63) is 29.8 Å². The summed E-state index contributed by atoms with van der Waals surface area (Å²) in [7, 11) is 0. The van der Waals surface area contributed by atoms with Crippen molar-refractivity contribution >= 4 is 18.8 Å². The van der Waals surface area contributed by atoms with Gasteiger partial charge in [-0.05, 0) is 12.5 Å². The molecule has 0 amide bonds. The van der Waals surface area contributed by atoms with E-state index in [1.54, 1.807) is 0 Å². The van der Waals surface area contributed by atoms with Crippen molar-refractivity contribution in [2.75, 3.05) is 6.54 Å². The van der Waals surface area contributed by atoms with Crippen LogP contribution in [0.3, 0.4) is 0 Å². The summed E-state index contributed by atoms with van der Waals surface area (Å²) in [6.07, 6.45) is 1.82. The van der Waals surface area contributed by atoms with Crippen LogP contribution in [0.4, 0.5) is 0 Å². The Kier molecular flexibility index (Phi) is 6.13. The van der Waals surface area contributed by atoms with Gasteiger partial charge in [0.15, 0.2) is 0 Å². The van der Waals surface area contributed by atoms with Crippen LogP contribution in [0.1, 0.15) is 12.5 Å². The van der Waals surface area contributed by atoms with Crippen molar-refractivity contribution in [2.24, 2.45) is 4.99 Å². The Labute approximate surface area is 91.5 Å². The molecule has 0 atom stereocenters. The van der Waals surface area contributed by atoms with E-state index in [4.69, 9.17) is 12.6 Å². The fourth-order valence-corrected chi connectivity index (χ4v) is 0.976. The number of hydrogen-bond acceptors (Lipinski definition) is 2. The summed E-state index contributed by atoms with van der Waals surface area (Å²) in [5.74, 6) is 0. The predicted molar refractivity (Wildman–Crippen MR) is 50.2 cm³/mol. The Bertz CT molecular complexity index is 260. The molecule has 0 unspecified atom stereocenters. The molecule has 0 aliphatic heterocycles. The van der Waals surface area contributed by atoms with E-state index in [0.717, 1.165) is 17.0 Å². The van der Waals surface area contributed by atoms with Crippen LogP contribution in [-0.4, -0.2) is 12.8 Å². The predicted octanol–water partition coefficient (Wildman–Crippen LogP) is 2.03. The Morgan fingerprint density at radius 2 is 2.08 bits per heavy atom. The van der Waals surface area contributed by atoms with Gasteiger partial charge in [-0.25, -0.2) is 0 Å². The van der Waals surface area contributed by atoms with Crippen LogP contribution < -0.4 is 0 Å². The molecule has 1 aromatic rings. The number of hydrogen-bond donors (Lipinski definition) is 0. The summed E-state index contributed by atoms with van der Waals surface area (Å²) in [6.45, 7) is 2.81. The SMILES string of the molecule is CCN=Cc1ccccc1[S-].[Zn]. The van der Waals surface area contributed by atoms with Gasteiger partial charge in [-0.2, -0.15) is 4.90 Å². The van der Waals surface area contributed by atoms with Gasteiger partial charge in [0.1, 0.15) is 0 Å². The van der Waals surface area contributed by atoms with E-state index in [0.29, 0.717) is 0 Å². The first kappa shape index (κ1) is 11.7. The normalized spacial score (nSPS) is 9.75. The molecule has 0 heterocycles. The van der Waals surface area contributed by atoms with Crippen LogP contribution in [0.25, 0.3) is 0 Å². The van der Waals surface area contributed by atoms with E-state index >= 15 is 0 Å². The van der Waals surface area contributed by atoms with Crippen molar-refractivity contribution < 1.29 is 19.5 Å². The molecule has 12 heavy (non-hydrogen) atoms. The van der Waals surface area contributed by atoms with Crippen LogP contribution in [0.2, 0.25) is 0 Å². The van der Waals surface area contributed by atoms with Gasteiger partial charge < -0.3 is 12.6 Å². The van der Waals surface area contributed by atoms with Gasteiger partial charge in [-0.15, -0.1) is 0 Å². The largest absolute Gasteiger partial charge is 0.779 e. The second-order valence-electron chi connectivity index (χ2n) is 2.17. The summed E-state index contributed by atoms with van der Waals surface area (Å²) in [5, 5.41) is 0. The van der Waals surface area contributed by atoms with E-state index in [1.165, 1.54) is 0 Å². The van der Waals surface area contributed by atoms with E-state index in [1.807, 2.05) is 37.4 Å². The van der Waals surface area contributed by atoms with Gasteiger partial charge in [0.25, 0.3) is 0 Å². The Hall–Kier alpha value is -0.267. The number of aliphatic imine (C=N–C) groups is 1. The van der Waals surface area contributed by atoms with E-state index in [9.17, 15) is 0 Å². The molecule has 0 saturated heterocycles. The third-order valence-electron chi connectivity index (χ3n) is 1.33. The molecule has 0 spiro atoms. The smallest absolute Gasteiger partial charge is 0.0361 e. The summed E-state index contributed by atoms with van der Waals surface area (Å²) in [6, 6.07) is 7.78. The number of nitrogens with zero attached hydrogens (tertiary/aromatic N) is 1. The monoisotopic (exact) mass is 228 g/mol. The molecule has 0 bridgehead atoms. The van der Waals surface area contributed by atoms with Crippen molar-refractivity contribution in [1.29, 1.82) is 0 Å². The summed E-state index contributed by atoms with van der Waals surface area (Å²) in [4.78, 5) is 4.98. The molecule has 1 rings (SSSR count). The van der Waals surface area contributed by atoms with Gasteiger partial charge in [-0.3, -0.25) is 4.99 Å². The molecule has 0 fully saturated rings. The maximum atomic E-state index is 5.07. The maximum Gasteiger partial charge on any atom is 0.0361 e. The minimum absolute atomic E-state index is 0. The Morgan fingerprint density at radius 1 is 1.42 bits per heavy atom. The molecular formula is C9H10NSZn-. The van der Waals surface area contributed by atoms with E-state index < -0.39 is 0 Å². The average Bonchev–Trinajstić information content (AvgIpc) is 2.03. The fourth-order valence-electron chi connectivity index (χ4n) is 0.777. The molecular weight excluding hydrogens is 220 g/mol. The zero-order valence-corrected chi connectivity index (χ0v) is 10.9. The van der Waals surface area contributed by atoms with E-state index in [-0.39, 0.29) is 19.5 Å². The summed E-state index contributed by atoms with van der Waals surface area (Å²) >= 11 is 5.07. The van der Waals surface area contributed by atoms with Gasteiger partial charge >= 0.3 is 0 Å². The topological polar surface area (TPSA) is 12.4 Å². The first-order valence-electron chi connectivity index (χ1n) is 3.60. The van der Waals surface area contributed by atoms with E-state index in [2.05, 4.69) is 4.99 Å². The molecule has 3 heteroatoms. The van der Waals surface area contributed by atoms with Crippen LogP contribution in [0, 0.1) is 0 Å². The summed E-state index contributed by atoms with van der Waals surface area (Å²) < 4.78 is 0. The second-order valence-corrected chi connectivity index (χ2v) is 2.61. The van der Waals surface area contributed by atoms with Crippen LogP contribution in [-0.2, 0) is 32.1 Å². The zero-order valence-electron chi connectivity index (χ0n) is 7.16. The molecule has 0 saturated carbocycles. The van der Waals surface area contributed by atoms with Crippen LogP contribution in [0.15, 0.2) is 34.2 Å². The first-order valence-corrected chi connectivity index (χ1v) is 4.01. The quantitative estimate of drug-likeness (QED) is 0.430. The van der Waals surface area contributed by atoms with Gasteiger partial charge in [0.2, 0.25) is 0 Å². The molecule has 1 aromatic carbocycles. The minimum atomic E-state index is 0. The third kappa shape index (κ3) is 3.42. The second kappa shape index (κ2) is 6.27. The maximum absolute atomic E-state index is 5.07.